The van der Waals surface area contributed by atoms with Gasteiger partial charge in [0.2, 0.25) is 11.6 Å². The number of nitrogens with one attached hydrogen (secondary N) is 1. The summed E-state index contributed by atoms with van der Waals surface area (Å²) < 4.78 is 1.86. The third-order valence-electron chi connectivity index (χ3n) is 5.47. The van der Waals surface area contributed by atoms with E-state index in [2.05, 4.69) is 88.7 Å². The number of benzene rings is 2. The van der Waals surface area contributed by atoms with Gasteiger partial charge in [-0.3, -0.25) is 4.79 Å². The maximum atomic E-state index is 12.5. The van der Waals surface area contributed by atoms with E-state index in [0.717, 1.165) is 40.9 Å². The number of nitrogens with zero attached hydrogens (tertiary/aromatic N) is 6. The zero-order valence-electron chi connectivity index (χ0n) is 19.5. The van der Waals surface area contributed by atoms with Crippen LogP contribution in [0.2, 0.25) is 0 Å². The van der Waals surface area contributed by atoms with Gasteiger partial charge >= 0.3 is 0 Å². The lowest BCUT2D eigenvalue weighted by atomic mass is 9.95. The van der Waals surface area contributed by atoms with Gasteiger partial charge in [0.25, 0.3) is 0 Å². The first-order valence-corrected chi connectivity index (χ1v) is 11.3. The summed E-state index contributed by atoms with van der Waals surface area (Å²) in [4.78, 5) is 17.1. The predicted molar refractivity (Wildman–Crippen MR) is 127 cm³/mol. The molecule has 4 aromatic rings. The average Bonchev–Trinajstić information content (AvgIpc) is 3.48. The maximum Gasteiger partial charge on any atom is 0.217 e. The highest BCUT2D eigenvalue weighted by Crippen LogP contribution is 2.30. The highest BCUT2D eigenvalue weighted by molar-refractivity contribution is 5.92. The Hall–Kier alpha value is -3.68. The van der Waals surface area contributed by atoms with Crippen LogP contribution in [0, 0.1) is 0 Å². The first-order chi connectivity index (χ1) is 15.9. The molecule has 33 heavy (non-hydrogen) atoms. The summed E-state index contributed by atoms with van der Waals surface area (Å²) >= 11 is 0. The molecule has 2 aromatic heterocycles. The summed E-state index contributed by atoms with van der Waals surface area (Å²) in [6.07, 6.45) is 2.31. The van der Waals surface area contributed by atoms with E-state index in [-0.39, 0.29) is 11.2 Å². The number of carbonyl (C=O) groups excluding carboxylic acids is 1. The quantitative estimate of drug-likeness (QED) is 0.391. The molecule has 0 radical (unpaired) electrons. The third kappa shape index (κ3) is 5.05. The van der Waals surface area contributed by atoms with E-state index in [1.165, 1.54) is 0 Å². The number of tetrazole rings is 1. The molecule has 2 aromatic carbocycles. The molecular weight excluding hydrogens is 414 g/mol. The first kappa shape index (κ1) is 22.5. The Morgan fingerprint density at radius 3 is 2.39 bits per heavy atom. The molecule has 0 atom stereocenters. The molecule has 0 fully saturated rings. The smallest absolute Gasteiger partial charge is 0.217 e. The molecule has 2 heterocycles. The number of hydrogen-bond acceptors (Lipinski definition) is 6. The molecule has 0 amide bonds. The van der Waals surface area contributed by atoms with E-state index in [1.54, 1.807) is 0 Å². The summed E-state index contributed by atoms with van der Waals surface area (Å²) in [5.74, 6) is 1.77. The number of rotatable bonds is 8. The third-order valence-corrected chi connectivity index (χ3v) is 5.47. The fourth-order valence-corrected chi connectivity index (χ4v) is 3.75. The lowest BCUT2D eigenvalue weighted by Crippen LogP contribution is -2.20. The maximum absolute atomic E-state index is 12.5. The van der Waals surface area contributed by atoms with Crippen molar-refractivity contribution in [1.29, 1.82) is 0 Å². The van der Waals surface area contributed by atoms with Gasteiger partial charge < -0.3 is 0 Å². The number of ketones is 1. The zero-order chi connectivity index (χ0) is 23.4. The van der Waals surface area contributed by atoms with Gasteiger partial charge in [0.05, 0.1) is 6.54 Å². The normalized spacial score (nSPS) is 11.6. The largest absolute Gasteiger partial charge is 0.291 e. The Balaban J connectivity index is 1.60. The van der Waals surface area contributed by atoms with Crippen LogP contribution < -0.4 is 0 Å². The molecule has 0 unspecified atom stereocenters. The summed E-state index contributed by atoms with van der Waals surface area (Å²) in [6.45, 7) is 8.89. The van der Waals surface area contributed by atoms with Crippen molar-refractivity contribution < 1.29 is 4.79 Å². The minimum absolute atomic E-state index is 0.00922. The van der Waals surface area contributed by atoms with Crippen molar-refractivity contribution in [3.05, 3.63) is 65.7 Å². The first-order valence-electron chi connectivity index (χ1n) is 11.3. The van der Waals surface area contributed by atoms with Crippen molar-refractivity contribution in [2.45, 2.75) is 58.9 Å². The summed E-state index contributed by atoms with van der Waals surface area (Å²) in [5.41, 5.74) is 3.91. The standard InChI is InChI=1S/C25H29N7O/c1-5-6-11-21(33)23-26-24(25(2,3)4)32(29-23)16-17-12-14-18(15-13-17)19-9-7-8-10-20(19)22-27-30-31-28-22/h7-10,12-15H,5-6,11,16H2,1-4H3,(H,27,28,30,31). The van der Waals surface area contributed by atoms with Crippen molar-refractivity contribution >= 4 is 5.78 Å². The van der Waals surface area contributed by atoms with Gasteiger partial charge in [-0.1, -0.05) is 82.6 Å². The van der Waals surface area contributed by atoms with Gasteiger partial charge in [-0.05, 0) is 33.5 Å². The lowest BCUT2D eigenvalue weighted by molar-refractivity contribution is 0.0969. The van der Waals surface area contributed by atoms with Crippen LogP contribution in [0.25, 0.3) is 22.5 Å². The molecule has 170 valence electrons. The Labute approximate surface area is 193 Å². The fraction of sp³-hybridized carbons (Fsp3) is 0.360. The second-order valence-electron chi connectivity index (χ2n) is 9.19. The Bertz CT molecular complexity index is 1220. The van der Waals surface area contributed by atoms with Crippen molar-refractivity contribution in [2.75, 3.05) is 0 Å². The molecule has 8 nitrogen and oxygen atoms in total. The molecule has 8 heteroatoms. The van der Waals surface area contributed by atoms with Gasteiger partial charge in [-0.25, -0.2) is 14.8 Å². The predicted octanol–water partition coefficient (Wildman–Crippen LogP) is 4.84. The number of Topliss-reactive ketones (excluding diaryl/α,β-unsaturated/α-hetero) is 1. The van der Waals surface area contributed by atoms with E-state index in [1.807, 2.05) is 22.9 Å². The highest BCUT2D eigenvalue weighted by Gasteiger charge is 2.25. The summed E-state index contributed by atoms with van der Waals surface area (Å²) in [7, 11) is 0. The van der Waals surface area contributed by atoms with Crippen molar-refractivity contribution in [3.8, 4) is 22.5 Å². The van der Waals surface area contributed by atoms with Gasteiger partial charge in [0.1, 0.15) is 5.82 Å². The molecule has 0 bridgehead atoms. The molecular formula is C25H29N7O. The monoisotopic (exact) mass is 443 g/mol. The van der Waals surface area contributed by atoms with E-state index in [9.17, 15) is 4.79 Å². The van der Waals surface area contributed by atoms with Crippen molar-refractivity contribution in [1.82, 2.24) is 35.4 Å². The topological polar surface area (TPSA) is 102 Å². The number of H-pyrrole nitrogens is 1. The minimum Gasteiger partial charge on any atom is -0.291 e. The minimum atomic E-state index is -0.222. The van der Waals surface area contributed by atoms with Gasteiger partial charge in [-0.2, -0.15) is 0 Å². The second-order valence-corrected chi connectivity index (χ2v) is 9.19. The number of aromatic amines is 1. The van der Waals surface area contributed by atoms with Crippen molar-refractivity contribution in [3.63, 3.8) is 0 Å². The van der Waals surface area contributed by atoms with Gasteiger partial charge in [0, 0.05) is 17.4 Å². The van der Waals surface area contributed by atoms with Crippen LogP contribution in [0.4, 0.5) is 0 Å². The molecule has 0 spiro atoms. The Morgan fingerprint density at radius 2 is 1.76 bits per heavy atom. The van der Waals surface area contributed by atoms with Crippen molar-refractivity contribution in [2.24, 2.45) is 0 Å². The van der Waals surface area contributed by atoms with Gasteiger partial charge in [0.15, 0.2) is 5.82 Å². The van der Waals surface area contributed by atoms with Crippen LogP contribution in [0.3, 0.4) is 0 Å². The summed E-state index contributed by atoms with van der Waals surface area (Å²) in [5, 5.41) is 18.9. The highest BCUT2D eigenvalue weighted by atomic mass is 16.1. The second kappa shape index (κ2) is 9.44. The van der Waals surface area contributed by atoms with Crippen LogP contribution >= 0.6 is 0 Å². The molecule has 0 saturated heterocycles. The fourth-order valence-electron chi connectivity index (χ4n) is 3.75. The SMILES string of the molecule is CCCCC(=O)c1nc(C(C)(C)C)n(Cc2ccc(-c3ccccc3-c3nnn[nH]3)cc2)n1. The van der Waals surface area contributed by atoms with Crippen LogP contribution in [0.1, 0.15) is 69.0 Å². The Kier molecular flexibility index (Phi) is 6.44. The molecule has 0 saturated carbocycles. The number of carbonyl (C=O) groups is 1. The molecule has 4 rings (SSSR count). The number of unbranched alkanes of at least 4 members (excludes halogenated alkanes) is 1. The van der Waals surface area contributed by atoms with E-state index < -0.39 is 0 Å². The number of hydrogen-bond donors (Lipinski definition) is 1. The molecule has 1 N–H and O–H groups in total. The zero-order valence-corrected chi connectivity index (χ0v) is 19.5. The van der Waals surface area contributed by atoms with Crippen LogP contribution in [0.5, 0.6) is 0 Å². The van der Waals surface area contributed by atoms with Gasteiger partial charge in [-0.15, -0.1) is 10.2 Å². The number of aromatic nitrogens is 7. The average molecular weight is 444 g/mol. The summed E-state index contributed by atoms with van der Waals surface area (Å²) in [6, 6.07) is 16.3. The van der Waals surface area contributed by atoms with E-state index >= 15 is 0 Å². The van der Waals surface area contributed by atoms with E-state index in [4.69, 9.17) is 0 Å². The van der Waals surface area contributed by atoms with Crippen LogP contribution in [0.15, 0.2) is 48.5 Å². The molecule has 0 aliphatic heterocycles. The molecule has 0 aliphatic rings. The Morgan fingerprint density at radius 1 is 1.03 bits per heavy atom. The molecule has 0 aliphatic carbocycles. The van der Waals surface area contributed by atoms with E-state index in [0.29, 0.717) is 24.6 Å². The lowest BCUT2D eigenvalue weighted by Gasteiger charge is -2.18. The van der Waals surface area contributed by atoms with Crippen LogP contribution in [-0.4, -0.2) is 41.2 Å². The van der Waals surface area contributed by atoms with Crippen LogP contribution in [-0.2, 0) is 12.0 Å².